The number of ether oxygens (including phenoxy) is 1. The first-order valence-electron chi connectivity index (χ1n) is 6.23. The van der Waals surface area contributed by atoms with E-state index < -0.39 is 0 Å². The van der Waals surface area contributed by atoms with Crippen LogP contribution in [-0.2, 0) is 6.54 Å². The molecule has 0 aromatic heterocycles. The molecule has 2 rings (SSSR count). The van der Waals surface area contributed by atoms with Crippen LogP contribution in [-0.4, -0.2) is 6.54 Å². The Morgan fingerprint density at radius 1 is 1.05 bits per heavy atom. The van der Waals surface area contributed by atoms with Gasteiger partial charge in [-0.15, -0.1) is 0 Å². The summed E-state index contributed by atoms with van der Waals surface area (Å²) in [6, 6.07) is 10.8. The number of rotatable bonds is 5. The molecule has 0 unspecified atom stereocenters. The van der Waals surface area contributed by atoms with Crippen LogP contribution in [0.15, 0.2) is 36.4 Å². The van der Waals surface area contributed by atoms with Gasteiger partial charge in [0.25, 0.3) is 0 Å². The maximum absolute atomic E-state index is 6.13. The van der Waals surface area contributed by atoms with E-state index in [0.717, 1.165) is 12.1 Å². The van der Waals surface area contributed by atoms with Gasteiger partial charge in [0.15, 0.2) is 0 Å². The lowest BCUT2D eigenvalue weighted by molar-refractivity contribution is 0.473. The molecule has 0 spiro atoms. The second kappa shape index (κ2) is 7.19. The molecule has 0 heterocycles. The maximum atomic E-state index is 6.13. The lowest BCUT2D eigenvalue weighted by Crippen LogP contribution is -2.12. The van der Waals surface area contributed by atoms with Gasteiger partial charge >= 0.3 is 0 Å². The highest BCUT2D eigenvalue weighted by Gasteiger charge is 2.10. The number of nitrogens with one attached hydrogen (secondary N) is 1. The first-order valence-corrected chi connectivity index (χ1v) is 7.36. The van der Waals surface area contributed by atoms with Gasteiger partial charge in [-0.05, 0) is 30.8 Å². The molecule has 1 N–H and O–H groups in total. The molecule has 2 aromatic carbocycles. The summed E-state index contributed by atoms with van der Waals surface area (Å²) >= 11 is 18.1. The third-order valence-corrected chi connectivity index (χ3v) is 3.77. The molecule has 0 aliphatic rings. The van der Waals surface area contributed by atoms with E-state index >= 15 is 0 Å². The van der Waals surface area contributed by atoms with Gasteiger partial charge < -0.3 is 10.1 Å². The summed E-state index contributed by atoms with van der Waals surface area (Å²) in [7, 11) is 0. The van der Waals surface area contributed by atoms with E-state index in [9.17, 15) is 0 Å². The molecule has 2 aromatic rings. The van der Waals surface area contributed by atoms with Crippen molar-refractivity contribution in [3.8, 4) is 11.5 Å². The van der Waals surface area contributed by atoms with Crippen molar-refractivity contribution in [1.29, 1.82) is 0 Å². The molecule has 0 saturated carbocycles. The number of halogens is 3. The molecular weight excluding hydrogens is 317 g/mol. The van der Waals surface area contributed by atoms with Gasteiger partial charge in [0.1, 0.15) is 16.5 Å². The minimum Gasteiger partial charge on any atom is -0.455 e. The zero-order valence-corrected chi connectivity index (χ0v) is 13.2. The van der Waals surface area contributed by atoms with Crippen molar-refractivity contribution < 1.29 is 4.74 Å². The molecule has 0 atom stereocenters. The second-order valence-electron chi connectivity index (χ2n) is 4.19. The Bertz CT molecular complexity index is 602. The Balaban J connectivity index is 2.31. The van der Waals surface area contributed by atoms with E-state index in [1.165, 1.54) is 0 Å². The van der Waals surface area contributed by atoms with Crippen molar-refractivity contribution in [3.63, 3.8) is 0 Å². The lowest BCUT2D eigenvalue weighted by Gasteiger charge is -2.13. The van der Waals surface area contributed by atoms with Crippen LogP contribution in [0.25, 0.3) is 0 Å². The van der Waals surface area contributed by atoms with E-state index in [1.54, 1.807) is 24.3 Å². The summed E-state index contributed by atoms with van der Waals surface area (Å²) in [4.78, 5) is 0. The fourth-order valence-electron chi connectivity index (χ4n) is 1.71. The highest BCUT2D eigenvalue weighted by Crippen LogP contribution is 2.36. The Hall–Kier alpha value is -0.930. The van der Waals surface area contributed by atoms with Crippen molar-refractivity contribution in [2.75, 3.05) is 6.54 Å². The van der Waals surface area contributed by atoms with E-state index in [0.29, 0.717) is 33.1 Å². The summed E-state index contributed by atoms with van der Waals surface area (Å²) < 4.78 is 5.86. The molecule has 5 heteroatoms. The average Bonchev–Trinajstić information content (AvgIpc) is 2.43. The van der Waals surface area contributed by atoms with Crippen molar-refractivity contribution in [2.24, 2.45) is 0 Å². The fourth-order valence-corrected chi connectivity index (χ4v) is 2.20. The number of benzene rings is 2. The highest BCUT2D eigenvalue weighted by molar-refractivity contribution is 6.42. The van der Waals surface area contributed by atoms with Crippen LogP contribution in [0.2, 0.25) is 15.1 Å². The zero-order valence-electron chi connectivity index (χ0n) is 10.9. The van der Waals surface area contributed by atoms with Gasteiger partial charge in [-0.25, -0.2) is 0 Å². The second-order valence-corrected chi connectivity index (χ2v) is 5.41. The molecule has 2 nitrogen and oxygen atoms in total. The van der Waals surface area contributed by atoms with Crippen LogP contribution in [0, 0.1) is 0 Å². The van der Waals surface area contributed by atoms with E-state index in [-0.39, 0.29) is 0 Å². The smallest absolute Gasteiger partial charge is 0.147 e. The number of hydrogen-bond acceptors (Lipinski definition) is 2. The molecule has 0 bridgehead atoms. The topological polar surface area (TPSA) is 21.3 Å². The van der Waals surface area contributed by atoms with Gasteiger partial charge in [0.05, 0.1) is 5.02 Å². The molecule has 0 amide bonds. The molecule has 0 radical (unpaired) electrons. The average molecular weight is 331 g/mol. The first-order chi connectivity index (χ1) is 9.61. The highest BCUT2D eigenvalue weighted by atomic mass is 35.5. The van der Waals surface area contributed by atoms with Crippen LogP contribution in [0.4, 0.5) is 0 Å². The summed E-state index contributed by atoms with van der Waals surface area (Å²) in [5, 5.41) is 4.71. The largest absolute Gasteiger partial charge is 0.455 e. The van der Waals surface area contributed by atoms with Gasteiger partial charge in [0, 0.05) is 17.1 Å². The van der Waals surface area contributed by atoms with Crippen LogP contribution in [0.1, 0.15) is 12.5 Å². The lowest BCUT2D eigenvalue weighted by atomic mass is 10.2. The third kappa shape index (κ3) is 3.80. The predicted octanol–water partition coefficient (Wildman–Crippen LogP) is 5.55. The Morgan fingerprint density at radius 3 is 2.60 bits per heavy atom. The van der Waals surface area contributed by atoms with Crippen molar-refractivity contribution in [1.82, 2.24) is 5.32 Å². The first kappa shape index (κ1) is 15.5. The summed E-state index contributed by atoms with van der Waals surface area (Å²) in [5.41, 5.74) is 1.01. The van der Waals surface area contributed by atoms with Crippen molar-refractivity contribution >= 4 is 34.8 Å². The summed E-state index contributed by atoms with van der Waals surface area (Å²) in [6.07, 6.45) is 0. The molecule has 0 aliphatic carbocycles. The fraction of sp³-hybridized carbons (Fsp3) is 0.200. The molecular formula is C15H14Cl3NO. The van der Waals surface area contributed by atoms with Crippen LogP contribution < -0.4 is 10.1 Å². The molecule has 20 heavy (non-hydrogen) atoms. The number of hydrogen-bond donors (Lipinski definition) is 1. The molecule has 0 saturated heterocycles. The molecule has 0 fully saturated rings. The quantitative estimate of drug-likeness (QED) is 0.776. The van der Waals surface area contributed by atoms with Crippen molar-refractivity contribution in [3.05, 3.63) is 57.0 Å². The SMILES string of the molecule is CCNCc1ccc(Cl)cc1Oc1cccc(Cl)c1Cl. The maximum Gasteiger partial charge on any atom is 0.147 e. The molecule has 106 valence electrons. The zero-order chi connectivity index (χ0) is 14.5. The van der Waals surface area contributed by atoms with E-state index in [1.807, 2.05) is 19.1 Å². The normalized spacial score (nSPS) is 10.6. The van der Waals surface area contributed by atoms with Crippen LogP contribution in [0.3, 0.4) is 0 Å². The minimum absolute atomic E-state index is 0.392. The van der Waals surface area contributed by atoms with Crippen LogP contribution >= 0.6 is 34.8 Å². The van der Waals surface area contributed by atoms with Gasteiger partial charge in [0.2, 0.25) is 0 Å². The van der Waals surface area contributed by atoms with Gasteiger partial charge in [-0.2, -0.15) is 0 Å². The Morgan fingerprint density at radius 2 is 1.85 bits per heavy atom. The monoisotopic (exact) mass is 329 g/mol. The molecule has 0 aliphatic heterocycles. The Labute approximate surface area is 133 Å². The van der Waals surface area contributed by atoms with Gasteiger partial charge in [-0.1, -0.05) is 53.9 Å². The predicted molar refractivity (Wildman–Crippen MR) is 85.4 cm³/mol. The van der Waals surface area contributed by atoms with Gasteiger partial charge in [-0.3, -0.25) is 0 Å². The standard InChI is InChI=1S/C15H14Cl3NO/c1-2-19-9-10-6-7-11(16)8-14(10)20-13-5-3-4-12(17)15(13)18/h3-8,19H,2,9H2,1H3. The Kier molecular flexibility index (Phi) is 5.55. The third-order valence-electron chi connectivity index (χ3n) is 2.73. The van der Waals surface area contributed by atoms with Crippen LogP contribution in [0.5, 0.6) is 11.5 Å². The van der Waals surface area contributed by atoms with E-state index in [4.69, 9.17) is 39.5 Å². The minimum atomic E-state index is 0.392. The van der Waals surface area contributed by atoms with E-state index in [2.05, 4.69) is 5.32 Å². The van der Waals surface area contributed by atoms with Crippen molar-refractivity contribution in [2.45, 2.75) is 13.5 Å². The summed E-state index contributed by atoms with van der Waals surface area (Å²) in [6.45, 7) is 3.62. The summed E-state index contributed by atoms with van der Waals surface area (Å²) in [5.74, 6) is 1.18.